The van der Waals surface area contributed by atoms with Crippen LogP contribution in [0.1, 0.15) is 58.2 Å². The van der Waals surface area contributed by atoms with E-state index in [0.717, 1.165) is 37.8 Å². The van der Waals surface area contributed by atoms with Gasteiger partial charge in [-0.2, -0.15) is 5.10 Å². The van der Waals surface area contributed by atoms with E-state index in [9.17, 15) is 5.11 Å². The van der Waals surface area contributed by atoms with Gasteiger partial charge in [0.25, 0.3) is 0 Å². The highest BCUT2D eigenvalue weighted by Gasteiger charge is 2.29. The summed E-state index contributed by atoms with van der Waals surface area (Å²) in [6.07, 6.45) is 4.32. The lowest BCUT2D eigenvalue weighted by molar-refractivity contribution is 0.0703. The van der Waals surface area contributed by atoms with Crippen LogP contribution in [0.15, 0.2) is 0 Å². The molecule has 4 nitrogen and oxygen atoms in total. The summed E-state index contributed by atoms with van der Waals surface area (Å²) in [5.41, 5.74) is 7.02. The Morgan fingerprint density at radius 2 is 2.00 bits per heavy atom. The van der Waals surface area contributed by atoms with Gasteiger partial charge in [0.2, 0.25) is 0 Å². The zero-order valence-electron chi connectivity index (χ0n) is 12.0. The predicted molar refractivity (Wildman–Crippen MR) is 78.3 cm³/mol. The normalized spacial score (nSPS) is 24.7. The summed E-state index contributed by atoms with van der Waals surface area (Å²) in [6, 6.07) is -0.0278. The van der Waals surface area contributed by atoms with Gasteiger partial charge in [-0.15, -0.1) is 0 Å². The predicted octanol–water partition coefficient (Wildman–Crippen LogP) is 3.18. The molecule has 5 heteroatoms. The van der Waals surface area contributed by atoms with Crippen LogP contribution < -0.4 is 5.73 Å². The molecule has 1 aliphatic rings. The number of hydrogen-bond donors (Lipinski definition) is 2. The Morgan fingerprint density at radius 1 is 1.37 bits per heavy atom. The van der Waals surface area contributed by atoms with Gasteiger partial charge < -0.3 is 10.8 Å². The maximum absolute atomic E-state index is 10.1. The van der Waals surface area contributed by atoms with Crippen LogP contribution in [0.25, 0.3) is 0 Å². The quantitative estimate of drug-likeness (QED) is 0.877. The number of nitrogen functional groups attached to an aromatic ring is 1. The summed E-state index contributed by atoms with van der Waals surface area (Å²) in [7, 11) is 0. The summed E-state index contributed by atoms with van der Waals surface area (Å²) in [5, 5.41) is 15.2. The number of halogens is 1. The molecule has 1 fully saturated rings. The molecule has 0 saturated heterocycles. The Bertz CT molecular complexity index is 450. The van der Waals surface area contributed by atoms with Gasteiger partial charge in [0, 0.05) is 0 Å². The first kappa shape index (κ1) is 14.7. The molecule has 1 aliphatic carbocycles. The van der Waals surface area contributed by atoms with E-state index >= 15 is 0 Å². The van der Waals surface area contributed by atoms with E-state index in [1.54, 1.807) is 4.68 Å². The fourth-order valence-electron chi connectivity index (χ4n) is 2.72. The van der Waals surface area contributed by atoms with Crippen molar-refractivity contribution in [3.63, 3.8) is 0 Å². The third-order valence-corrected chi connectivity index (χ3v) is 4.07. The second-order valence-electron chi connectivity index (χ2n) is 6.75. The van der Waals surface area contributed by atoms with Crippen molar-refractivity contribution in [2.24, 2.45) is 5.41 Å². The molecular weight excluding hydrogens is 262 g/mol. The van der Waals surface area contributed by atoms with Gasteiger partial charge in [-0.25, -0.2) is 4.68 Å². The number of nitrogens with zero attached hydrogens (tertiary/aromatic N) is 2. The Labute approximate surface area is 119 Å². The van der Waals surface area contributed by atoms with Crippen LogP contribution in [-0.2, 0) is 6.42 Å². The number of rotatable bonds is 2. The van der Waals surface area contributed by atoms with Crippen LogP contribution in [0, 0.1) is 5.41 Å². The van der Waals surface area contributed by atoms with Crippen LogP contribution in [0.4, 0.5) is 5.82 Å². The monoisotopic (exact) mass is 285 g/mol. The molecule has 0 spiro atoms. The zero-order valence-corrected chi connectivity index (χ0v) is 12.7. The van der Waals surface area contributed by atoms with Crippen LogP contribution in [0.2, 0.25) is 5.02 Å². The summed E-state index contributed by atoms with van der Waals surface area (Å²) >= 11 is 6.30. The van der Waals surface area contributed by atoms with Crippen molar-refractivity contribution >= 4 is 17.4 Å². The highest BCUT2D eigenvalue weighted by Crippen LogP contribution is 2.35. The molecule has 2 unspecified atom stereocenters. The fraction of sp³-hybridized carbons (Fsp3) is 0.786. The van der Waals surface area contributed by atoms with Crippen LogP contribution in [-0.4, -0.2) is 21.0 Å². The van der Waals surface area contributed by atoms with Crippen molar-refractivity contribution in [3.8, 4) is 0 Å². The fourth-order valence-corrected chi connectivity index (χ4v) is 2.91. The number of aromatic nitrogens is 2. The molecule has 108 valence electrons. The van der Waals surface area contributed by atoms with Crippen LogP contribution in [0.5, 0.6) is 0 Å². The van der Waals surface area contributed by atoms with Gasteiger partial charge in [-0.1, -0.05) is 45.2 Å². The second-order valence-corrected chi connectivity index (χ2v) is 7.13. The van der Waals surface area contributed by atoms with Crippen molar-refractivity contribution in [2.45, 2.75) is 65.0 Å². The third-order valence-electron chi connectivity index (χ3n) is 3.66. The van der Waals surface area contributed by atoms with Gasteiger partial charge in [-0.3, -0.25) is 0 Å². The molecule has 1 aromatic heterocycles. The van der Waals surface area contributed by atoms with Gasteiger partial charge in [0.15, 0.2) is 0 Å². The Balaban J connectivity index is 2.29. The summed E-state index contributed by atoms with van der Waals surface area (Å²) in [6.45, 7) is 6.44. The van der Waals surface area contributed by atoms with E-state index in [-0.39, 0.29) is 17.6 Å². The highest BCUT2D eigenvalue weighted by atomic mass is 35.5. The van der Waals surface area contributed by atoms with Crippen LogP contribution >= 0.6 is 11.6 Å². The number of nitrogens with two attached hydrogens (primary N) is 1. The lowest BCUT2D eigenvalue weighted by Gasteiger charge is -2.28. The number of anilines is 1. The molecular formula is C14H24ClN3O. The number of aliphatic hydroxyl groups is 1. The molecule has 0 amide bonds. The maximum Gasteiger partial charge on any atom is 0.141 e. The second kappa shape index (κ2) is 5.33. The molecule has 3 N–H and O–H groups in total. The van der Waals surface area contributed by atoms with E-state index in [1.807, 2.05) is 0 Å². The summed E-state index contributed by atoms with van der Waals surface area (Å²) < 4.78 is 1.74. The van der Waals surface area contributed by atoms with Gasteiger partial charge in [-0.05, 0) is 24.7 Å². The lowest BCUT2D eigenvalue weighted by atomic mass is 9.91. The standard InChI is InChI=1S/C14H24ClN3O/c1-14(2,3)8-9-12(15)13(16)18(17-9)10-6-4-5-7-11(10)19/h10-11,19H,4-8,16H2,1-3H3. The van der Waals surface area contributed by atoms with Crippen molar-refractivity contribution in [1.29, 1.82) is 0 Å². The minimum atomic E-state index is -0.366. The Hall–Kier alpha value is -0.740. The summed E-state index contributed by atoms with van der Waals surface area (Å²) in [4.78, 5) is 0. The first-order valence-electron chi connectivity index (χ1n) is 7.00. The van der Waals surface area contributed by atoms with E-state index < -0.39 is 0 Å². The number of hydrogen-bond acceptors (Lipinski definition) is 3. The van der Waals surface area contributed by atoms with Crippen molar-refractivity contribution in [2.75, 3.05) is 5.73 Å². The van der Waals surface area contributed by atoms with Gasteiger partial charge in [0.05, 0.1) is 17.8 Å². The van der Waals surface area contributed by atoms with Crippen molar-refractivity contribution in [1.82, 2.24) is 9.78 Å². The van der Waals surface area contributed by atoms with Gasteiger partial charge >= 0.3 is 0 Å². The smallest absolute Gasteiger partial charge is 0.141 e. The largest absolute Gasteiger partial charge is 0.391 e. The van der Waals surface area contributed by atoms with E-state index in [4.69, 9.17) is 17.3 Å². The molecule has 1 aromatic rings. The van der Waals surface area contributed by atoms with Gasteiger partial charge in [0.1, 0.15) is 10.8 Å². The molecule has 1 heterocycles. The minimum Gasteiger partial charge on any atom is -0.391 e. The molecule has 0 aliphatic heterocycles. The zero-order chi connectivity index (χ0) is 14.2. The number of aliphatic hydroxyl groups excluding tert-OH is 1. The molecule has 1 saturated carbocycles. The first-order chi connectivity index (χ1) is 8.79. The molecule has 19 heavy (non-hydrogen) atoms. The lowest BCUT2D eigenvalue weighted by Crippen LogP contribution is -2.29. The molecule has 2 rings (SSSR count). The van der Waals surface area contributed by atoms with Crippen molar-refractivity contribution < 1.29 is 5.11 Å². The topological polar surface area (TPSA) is 64.1 Å². The van der Waals surface area contributed by atoms with Crippen LogP contribution in [0.3, 0.4) is 0 Å². The van der Waals surface area contributed by atoms with Crippen molar-refractivity contribution in [3.05, 3.63) is 10.7 Å². The van der Waals surface area contributed by atoms with E-state index in [1.165, 1.54) is 0 Å². The highest BCUT2D eigenvalue weighted by molar-refractivity contribution is 6.33. The third kappa shape index (κ3) is 3.23. The Kier molecular flexibility index (Phi) is 4.11. The first-order valence-corrected chi connectivity index (χ1v) is 7.38. The average molecular weight is 286 g/mol. The molecule has 2 atom stereocenters. The van der Waals surface area contributed by atoms with E-state index in [2.05, 4.69) is 25.9 Å². The minimum absolute atomic E-state index is 0.0278. The molecule has 0 radical (unpaired) electrons. The summed E-state index contributed by atoms with van der Waals surface area (Å²) in [5.74, 6) is 0.492. The van der Waals surface area contributed by atoms with E-state index in [0.29, 0.717) is 10.8 Å². The Morgan fingerprint density at radius 3 is 2.58 bits per heavy atom. The molecule has 0 bridgehead atoms. The molecule has 0 aromatic carbocycles. The SMILES string of the molecule is CC(C)(C)Cc1nn(C2CCCCC2O)c(N)c1Cl. The maximum atomic E-state index is 10.1. The average Bonchev–Trinajstić information content (AvgIpc) is 2.56.